The molecule has 0 aromatic carbocycles. The SMILES string of the molecule is O=C1Cc2[nH]ccc2N1. The van der Waals surface area contributed by atoms with Gasteiger partial charge in [-0.15, -0.1) is 0 Å². The summed E-state index contributed by atoms with van der Waals surface area (Å²) in [6.07, 6.45) is 2.33. The van der Waals surface area contributed by atoms with Gasteiger partial charge >= 0.3 is 0 Å². The summed E-state index contributed by atoms with van der Waals surface area (Å²) >= 11 is 0. The first-order chi connectivity index (χ1) is 4.36. The van der Waals surface area contributed by atoms with E-state index in [-0.39, 0.29) is 5.91 Å². The molecule has 9 heavy (non-hydrogen) atoms. The number of rotatable bonds is 0. The molecule has 0 unspecified atom stereocenters. The molecule has 1 aliphatic heterocycles. The molecular formula is C6H6N2O. The third kappa shape index (κ3) is 0.543. The number of anilines is 1. The van der Waals surface area contributed by atoms with E-state index in [9.17, 15) is 4.79 Å². The summed E-state index contributed by atoms with van der Waals surface area (Å²) in [5, 5.41) is 2.71. The molecule has 1 aromatic rings. The lowest BCUT2D eigenvalue weighted by Gasteiger charge is -1.85. The number of carbonyl (C=O) groups is 1. The normalized spacial score (nSPS) is 15.3. The number of aromatic nitrogens is 1. The van der Waals surface area contributed by atoms with Gasteiger partial charge in [-0.1, -0.05) is 0 Å². The lowest BCUT2D eigenvalue weighted by atomic mass is 10.3. The zero-order valence-electron chi connectivity index (χ0n) is 4.77. The molecular weight excluding hydrogens is 116 g/mol. The van der Waals surface area contributed by atoms with E-state index in [1.165, 1.54) is 0 Å². The van der Waals surface area contributed by atoms with Crippen LogP contribution in [0.4, 0.5) is 5.69 Å². The fourth-order valence-electron chi connectivity index (χ4n) is 1.02. The molecule has 1 aromatic heterocycles. The van der Waals surface area contributed by atoms with Gasteiger partial charge in [-0.25, -0.2) is 0 Å². The van der Waals surface area contributed by atoms with Crippen molar-refractivity contribution in [2.75, 3.05) is 5.32 Å². The topological polar surface area (TPSA) is 44.9 Å². The van der Waals surface area contributed by atoms with Gasteiger partial charge in [0.25, 0.3) is 0 Å². The summed E-state index contributed by atoms with van der Waals surface area (Å²) in [5.41, 5.74) is 1.93. The van der Waals surface area contributed by atoms with E-state index in [1.54, 1.807) is 0 Å². The van der Waals surface area contributed by atoms with Crippen molar-refractivity contribution in [1.82, 2.24) is 4.98 Å². The van der Waals surface area contributed by atoms with Gasteiger partial charge in [0.05, 0.1) is 12.1 Å². The Morgan fingerprint density at radius 3 is 3.22 bits per heavy atom. The minimum absolute atomic E-state index is 0.0804. The van der Waals surface area contributed by atoms with Crippen LogP contribution in [0, 0.1) is 0 Å². The van der Waals surface area contributed by atoms with Crippen molar-refractivity contribution in [2.45, 2.75) is 6.42 Å². The molecule has 0 bridgehead atoms. The maximum Gasteiger partial charge on any atom is 0.230 e. The summed E-state index contributed by atoms with van der Waals surface area (Å²) in [4.78, 5) is 13.6. The van der Waals surface area contributed by atoms with Gasteiger partial charge in [0, 0.05) is 11.9 Å². The summed E-state index contributed by atoms with van der Waals surface area (Å²) in [6.45, 7) is 0. The average Bonchev–Trinajstić information content (AvgIpc) is 2.22. The van der Waals surface area contributed by atoms with Crippen LogP contribution in [-0.4, -0.2) is 10.9 Å². The van der Waals surface area contributed by atoms with E-state index < -0.39 is 0 Å². The molecule has 1 aliphatic rings. The van der Waals surface area contributed by atoms with Gasteiger partial charge in [-0.05, 0) is 6.07 Å². The van der Waals surface area contributed by atoms with E-state index in [0.29, 0.717) is 6.42 Å². The average molecular weight is 122 g/mol. The number of H-pyrrole nitrogens is 1. The van der Waals surface area contributed by atoms with E-state index in [2.05, 4.69) is 10.3 Å². The number of aromatic amines is 1. The third-order valence-corrected chi connectivity index (χ3v) is 1.44. The molecule has 0 saturated carbocycles. The van der Waals surface area contributed by atoms with Crippen molar-refractivity contribution in [3.63, 3.8) is 0 Å². The maximum atomic E-state index is 10.6. The first kappa shape index (κ1) is 4.61. The monoisotopic (exact) mass is 122 g/mol. The van der Waals surface area contributed by atoms with Crippen LogP contribution >= 0.6 is 0 Å². The highest BCUT2D eigenvalue weighted by atomic mass is 16.1. The highest BCUT2D eigenvalue weighted by Gasteiger charge is 2.16. The lowest BCUT2D eigenvalue weighted by Crippen LogP contribution is -2.04. The van der Waals surface area contributed by atoms with E-state index in [4.69, 9.17) is 0 Å². The Hall–Kier alpha value is -1.25. The van der Waals surface area contributed by atoms with Crippen molar-refractivity contribution in [3.05, 3.63) is 18.0 Å². The summed E-state index contributed by atoms with van der Waals surface area (Å²) < 4.78 is 0. The molecule has 0 spiro atoms. The van der Waals surface area contributed by atoms with Crippen LogP contribution in [0.25, 0.3) is 0 Å². The predicted octanol–water partition coefficient (Wildman–Crippen LogP) is 0.509. The Kier molecular flexibility index (Phi) is 0.704. The van der Waals surface area contributed by atoms with Crippen molar-refractivity contribution in [1.29, 1.82) is 0 Å². The van der Waals surface area contributed by atoms with Gasteiger partial charge in [0.2, 0.25) is 5.91 Å². The second-order valence-corrected chi connectivity index (χ2v) is 2.09. The van der Waals surface area contributed by atoms with Crippen LogP contribution in [0.1, 0.15) is 5.69 Å². The largest absolute Gasteiger partial charge is 0.363 e. The summed E-state index contributed by atoms with van der Waals surface area (Å²) in [7, 11) is 0. The first-order valence-corrected chi connectivity index (χ1v) is 2.82. The molecule has 2 heterocycles. The molecule has 2 N–H and O–H groups in total. The van der Waals surface area contributed by atoms with Crippen molar-refractivity contribution in [3.8, 4) is 0 Å². The number of amides is 1. The van der Waals surface area contributed by atoms with Crippen molar-refractivity contribution >= 4 is 11.6 Å². The molecule has 46 valence electrons. The third-order valence-electron chi connectivity index (χ3n) is 1.44. The van der Waals surface area contributed by atoms with Crippen LogP contribution < -0.4 is 5.32 Å². The Labute approximate surface area is 52.1 Å². The second-order valence-electron chi connectivity index (χ2n) is 2.09. The van der Waals surface area contributed by atoms with Gasteiger partial charge in [0.15, 0.2) is 0 Å². The van der Waals surface area contributed by atoms with Crippen LogP contribution in [0.5, 0.6) is 0 Å². The Balaban J connectivity index is 2.49. The number of hydrogen-bond acceptors (Lipinski definition) is 1. The van der Waals surface area contributed by atoms with Crippen LogP contribution in [0.3, 0.4) is 0 Å². The standard InChI is InChI=1S/C6H6N2O/c9-6-3-5-4(8-6)1-2-7-5/h1-2,7H,3H2,(H,8,9). The first-order valence-electron chi connectivity index (χ1n) is 2.82. The van der Waals surface area contributed by atoms with Crippen LogP contribution in [0.15, 0.2) is 12.3 Å². The minimum atomic E-state index is 0.0804. The molecule has 0 fully saturated rings. The van der Waals surface area contributed by atoms with Gasteiger partial charge in [0.1, 0.15) is 0 Å². The van der Waals surface area contributed by atoms with E-state index >= 15 is 0 Å². The molecule has 0 aliphatic carbocycles. The summed E-state index contributed by atoms with van der Waals surface area (Å²) in [5.74, 6) is 0.0804. The van der Waals surface area contributed by atoms with Crippen molar-refractivity contribution < 1.29 is 4.79 Å². The van der Waals surface area contributed by atoms with Gasteiger partial charge in [-0.2, -0.15) is 0 Å². The smallest absolute Gasteiger partial charge is 0.230 e. The number of fused-ring (bicyclic) bond motifs is 1. The van der Waals surface area contributed by atoms with Crippen molar-refractivity contribution in [2.24, 2.45) is 0 Å². The van der Waals surface area contributed by atoms with E-state index in [1.807, 2.05) is 12.3 Å². The Morgan fingerprint density at radius 1 is 1.56 bits per heavy atom. The molecule has 1 amide bonds. The van der Waals surface area contributed by atoms with Gasteiger partial charge in [-0.3, -0.25) is 4.79 Å². The maximum absolute atomic E-state index is 10.6. The van der Waals surface area contributed by atoms with E-state index in [0.717, 1.165) is 11.4 Å². The van der Waals surface area contributed by atoms with Crippen LogP contribution in [-0.2, 0) is 11.2 Å². The Morgan fingerprint density at radius 2 is 2.44 bits per heavy atom. The van der Waals surface area contributed by atoms with Crippen LogP contribution in [0.2, 0.25) is 0 Å². The molecule has 0 atom stereocenters. The zero-order chi connectivity index (χ0) is 6.27. The molecule has 3 nitrogen and oxygen atoms in total. The predicted molar refractivity (Wildman–Crippen MR) is 33.1 cm³/mol. The molecule has 0 saturated heterocycles. The number of carbonyl (C=O) groups excluding carboxylic acids is 1. The Bertz CT molecular complexity index is 229. The number of nitrogens with one attached hydrogen (secondary N) is 2. The molecule has 3 heteroatoms. The molecule has 0 radical (unpaired) electrons. The second kappa shape index (κ2) is 1.37. The van der Waals surface area contributed by atoms with Gasteiger partial charge < -0.3 is 10.3 Å². The highest BCUT2D eigenvalue weighted by Crippen LogP contribution is 2.19. The minimum Gasteiger partial charge on any atom is -0.363 e. The molecule has 2 rings (SSSR count). The lowest BCUT2D eigenvalue weighted by molar-refractivity contribution is -0.115. The highest BCUT2D eigenvalue weighted by molar-refractivity contribution is 5.98. The zero-order valence-corrected chi connectivity index (χ0v) is 4.77. The quantitative estimate of drug-likeness (QED) is 0.517. The fraction of sp³-hybridized carbons (Fsp3) is 0.167. The summed E-state index contributed by atoms with van der Waals surface area (Å²) in [6, 6.07) is 1.86. The fourth-order valence-corrected chi connectivity index (χ4v) is 1.02. The number of hydrogen-bond donors (Lipinski definition) is 2.